The first-order valence-corrected chi connectivity index (χ1v) is 13.8. The van der Waals surface area contributed by atoms with Gasteiger partial charge in [-0.2, -0.15) is 0 Å². The predicted molar refractivity (Wildman–Crippen MR) is 136 cm³/mol. The van der Waals surface area contributed by atoms with Crippen molar-refractivity contribution in [1.82, 2.24) is 18.8 Å². The molecule has 0 saturated heterocycles. The standard InChI is InChI=1S/C26H31N5O2S/c1-34(32,33)31-23-11-3-2-10-21(23)22-16-20(29-17-25(22)31)18-30(15-5-4-13-27)24-12-6-8-19-9-7-14-28-26(19)24/h2-3,7,9-11,14,16-17,24H,4-6,8,12-13,15,18,27H2,1H3/t24-/m0/s1. The Morgan fingerprint density at radius 2 is 1.94 bits per heavy atom. The van der Waals surface area contributed by atoms with Gasteiger partial charge in [-0.1, -0.05) is 24.3 Å². The minimum atomic E-state index is -3.47. The largest absolute Gasteiger partial charge is 0.330 e. The Kier molecular flexibility index (Phi) is 6.38. The van der Waals surface area contributed by atoms with E-state index in [-0.39, 0.29) is 6.04 Å². The number of para-hydroxylation sites is 1. The maximum absolute atomic E-state index is 12.6. The van der Waals surface area contributed by atoms with Crippen molar-refractivity contribution < 1.29 is 8.42 Å². The van der Waals surface area contributed by atoms with Gasteiger partial charge in [0.15, 0.2) is 0 Å². The number of rotatable bonds is 8. The zero-order valence-electron chi connectivity index (χ0n) is 19.5. The summed E-state index contributed by atoms with van der Waals surface area (Å²) in [5, 5.41) is 1.83. The fraction of sp³-hybridized carbons (Fsp3) is 0.385. The minimum absolute atomic E-state index is 0.248. The van der Waals surface area contributed by atoms with E-state index in [1.807, 2.05) is 36.5 Å². The lowest BCUT2D eigenvalue weighted by Gasteiger charge is -2.35. The average Bonchev–Trinajstić information content (AvgIpc) is 3.17. The second-order valence-electron chi connectivity index (χ2n) is 9.16. The van der Waals surface area contributed by atoms with Gasteiger partial charge in [-0.05, 0) is 69.0 Å². The van der Waals surface area contributed by atoms with Crippen LogP contribution in [0, 0.1) is 0 Å². The molecule has 0 radical (unpaired) electrons. The molecule has 1 atom stereocenters. The van der Waals surface area contributed by atoms with Crippen molar-refractivity contribution in [2.24, 2.45) is 5.73 Å². The molecule has 0 amide bonds. The highest BCUT2D eigenvalue weighted by molar-refractivity contribution is 7.89. The lowest BCUT2D eigenvalue weighted by Crippen LogP contribution is -2.33. The van der Waals surface area contributed by atoms with Crippen molar-refractivity contribution >= 4 is 31.8 Å². The van der Waals surface area contributed by atoms with Gasteiger partial charge >= 0.3 is 0 Å². The third-order valence-corrected chi connectivity index (χ3v) is 7.83. The number of nitrogens with two attached hydrogens (primary N) is 1. The van der Waals surface area contributed by atoms with Crippen molar-refractivity contribution in [3.63, 3.8) is 0 Å². The summed E-state index contributed by atoms with van der Waals surface area (Å²) in [6.07, 6.45) is 10.1. The smallest absolute Gasteiger partial charge is 0.236 e. The van der Waals surface area contributed by atoms with Crippen molar-refractivity contribution in [3.05, 3.63) is 71.8 Å². The molecule has 0 bridgehead atoms. The van der Waals surface area contributed by atoms with Gasteiger partial charge in [0.25, 0.3) is 0 Å². The molecule has 1 aliphatic rings. The first-order chi connectivity index (χ1) is 16.5. The Labute approximate surface area is 200 Å². The highest BCUT2D eigenvalue weighted by Crippen LogP contribution is 2.35. The van der Waals surface area contributed by atoms with Gasteiger partial charge in [0, 0.05) is 23.5 Å². The van der Waals surface area contributed by atoms with Crippen LogP contribution in [0.5, 0.6) is 0 Å². The highest BCUT2D eigenvalue weighted by Gasteiger charge is 2.27. The van der Waals surface area contributed by atoms with Gasteiger partial charge in [-0.3, -0.25) is 14.9 Å². The highest BCUT2D eigenvalue weighted by atomic mass is 32.2. The Morgan fingerprint density at radius 3 is 2.76 bits per heavy atom. The van der Waals surface area contributed by atoms with Crippen LogP contribution in [0.15, 0.2) is 54.9 Å². The molecular formula is C26H31N5O2S. The molecule has 0 aliphatic heterocycles. The number of fused-ring (bicyclic) bond motifs is 4. The Hall–Kier alpha value is -2.81. The molecule has 2 N–H and O–H groups in total. The van der Waals surface area contributed by atoms with E-state index in [4.69, 9.17) is 15.7 Å². The zero-order valence-corrected chi connectivity index (χ0v) is 20.3. The molecule has 0 spiro atoms. The topological polar surface area (TPSA) is 94.1 Å². The number of nitrogens with zero attached hydrogens (tertiary/aromatic N) is 4. The van der Waals surface area contributed by atoms with E-state index in [0.717, 1.165) is 55.1 Å². The molecule has 1 aromatic carbocycles. The Morgan fingerprint density at radius 1 is 1.09 bits per heavy atom. The molecular weight excluding hydrogens is 446 g/mol. The molecule has 8 heteroatoms. The molecule has 7 nitrogen and oxygen atoms in total. The van der Waals surface area contributed by atoms with Crippen LogP contribution in [0.4, 0.5) is 0 Å². The van der Waals surface area contributed by atoms with Gasteiger partial charge < -0.3 is 5.73 Å². The molecule has 3 aromatic heterocycles. The first kappa shape index (κ1) is 23.0. The number of hydrogen-bond donors (Lipinski definition) is 1. The number of unbranched alkanes of at least 4 members (excludes halogenated alkanes) is 1. The number of aromatic nitrogens is 3. The number of pyridine rings is 2. The quantitative estimate of drug-likeness (QED) is 0.385. The van der Waals surface area contributed by atoms with Crippen molar-refractivity contribution in [1.29, 1.82) is 0 Å². The lowest BCUT2D eigenvalue weighted by atomic mass is 9.90. The van der Waals surface area contributed by atoms with Crippen LogP contribution in [0.2, 0.25) is 0 Å². The SMILES string of the molecule is CS(=O)(=O)n1c2ccccc2c2cc(CN(CCCCN)[C@H]3CCCc4cccnc43)ncc21. The molecule has 5 rings (SSSR count). The summed E-state index contributed by atoms with van der Waals surface area (Å²) in [6.45, 7) is 2.28. The first-order valence-electron chi connectivity index (χ1n) is 11.9. The maximum atomic E-state index is 12.6. The van der Waals surface area contributed by atoms with E-state index in [2.05, 4.69) is 17.0 Å². The fourth-order valence-electron chi connectivity index (χ4n) is 5.27. The third-order valence-electron chi connectivity index (χ3n) is 6.77. The second kappa shape index (κ2) is 9.44. The lowest BCUT2D eigenvalue weighted by molar-refractivity contribution is 0.161. The van der Waals surface area contributed by atoms with Crippen LogP contribution in [0.25, 0.3) is 21.8 Å². The van der Waals surface area contributed by atoms with Gasteiger partial charge in [0.05, 0.1) is 40.9 Å². The van der Waals surface area contributed by atoms with Gasteiger partial charge in [0.1, 0.15) is 0 Å². The number of aryl methyl sites for hydroxylation is 1. The molecule has 1 aliphatic carbocycles. The van der Waals surface area contributed by atoms with Crippen LogP contribution in [-0.2, 0) is 23.0 Å². The predicted octanol–water partition coefficient (Wildman–Crippen LogP) is 4.01. The molecule has 0 saturated carbocycles. The van der Waals surface area contributed by atoms with Gasteiger partial charge in [0.2, 0.25) is 10.0 Å². The van der Waals surface area contributed by atoms with E-state index < -0.39 is 10.0 Å². The van der Waals surface area contributed by atoms with Crippen molar-refractivity contribution in [2.45, 2.75) is 44.7 Å². The average molecular weight is 478 g/mol. The van der Waals surface area contributed by atoms with E-state index >= 15 is 0 Å². The summed E-state index contributed by atoms with van der Waals surface area (Å²) >= 11 is 0. The molecule has 34 heavy (non-hydrogen) atoms. The number of hydrogen-bond acceptors (Lipinski definition) is 6. The Balaban J connectivity index is 1.55. The number of benzene rings is 1. The second-order valence-corrected chi connectivity index (χ2v) is 11.0. The van der Waals surface area contributed by atoms with Gasteiger partial charge in [-0.15, -0.1) is 0 Å². The van der Waals surface area contributed by atoms with E-state index in [9.17, 15) is 8.42 Å². The molecule has 0 fully saturated rings. The summed E-state index contributed by atoms with van der Waals surface area (Å²) in [6, 6.07) is 14.1. The molecule has 3 heterocycles. The van der Waals surface area contributed by atoms with Crippen LogP contribution in [0.1, 0.15) is 48.7 Å². The normalized spacial score (nSPS) is 16.4. The summed E-state index contributed by atoms with van der Waals surface area (Å²) in [5.74, 6) is 0. The van der Waals surface area contributed by atoms with E-state index in [1.54, 1.807) is 6.20 Å². The van der Waals surface area contributed by atoms with Crippen LogP contribution >= 0.6 is 0 Å². The zero-order chi connectivity index (χ0) is 23.7. The minimum Gasteiger partial charge on any atom is -0.330 e. The van der Waals surface area contributed by atoms with Crippen LogP contribution in [-0.4, -0.2) is 46.6 Å². The molecule has 4 aromatic rings. The van der Waals surface area contributed by atoms with E-state index in [1.165, 1.54) is 21.5 Å². The summed E-state index contributed by atoms with van der Waals surface area (Å²) in [4.78, 5) is 12.0. The maximum Gasteiger partial charge on any atom is 0.236 e. The fourth-order valence-corrected chi connectivity index (χ4v) is 6.29. The van der Waals surface area contributed by atoms with Crippen LogP contribution in [0.3, 0.4) is 0 Å². The monoisotopic (exact) mass is 477 g/mol. The Bertz CT molecular complexity index is 1430. The van der Waals surface area contributed by atoms with Crippen molar-refractivity contribution in [3.8, 4) is 0 Å². The van der Waals surface area contributed by atoms with Crippen molar-refractivity contribution in [2.75, 3.05) is 19.3 Å². The molecule has 0 unspecified atom stereocenters. The van der Waals surface area contributed by atoms with Crippen LogP contribution < -0.4 is 5.73 Å². The third kappa shape index (κ3) is 4.33. The van der Waals surface area contributed by atoms with Gasteiger partial charge in [-0.25, -0.2) is 12.4 Å². The van der Waals surface area contributed by atoms with E-state index in [0.29, 0.717) is 24.1 Å². The summed E-state index contributed by atoms with van der Waals surface area (Å²) in [7, 11) is -3.47. The summed E-state index contributed by atoms with van der Waals surface area (Å²) < 4.78 is 26.5. The molecule has 178 valence electrons. The summed E-state index contributed by atoms with van der Waals surface area (Å²) in [5.41, 5.74) is 10.5.